The molecule has 8 rings (SSSR count). The number of carbonyl (C=O) groups is 2. The topological polar surface area (TPSA) is 112 Å². The Bertz CT molecular complexity index is 2240. The molecule has 12 nitrogen and oxygen atoms in total. The van der Waals surface area contributed by atoms with E-state index in [0.29, 0.717) is 81.9 Å². The highest BCUT2D eigenvalue weighted by Crippen LogP contribution is 2.44. The number of H-pyrrole nitrogens is 1. The number of methoxy groups -OCH3 is 2. The van der Waals surface area contributed by atoms with Crippen LogP contribution in [-0.4, -0.2) is 131 Å². The summed E-state index contributed by atoms with van der Waals surface area (Å²) in [5.41, 5.74) is 1.85. The number of benzene rings is 2. The molecule has 0 bridgehead atoms. The van der Waals surface area contributed by atoms with E-state index in [4.69, 9.17) is 14.6 Å². The van der Waals surface area contributed by atoms with Crippen LogP contribution in [0.25, 0.3) is 5.69 Å². The van der Waals surface area contributed by atoms with Crippen LogP contribution in [0.1, 0.15) is 103 Å². The zero-order chi connectivity index (χ0) is 43.8. The number of aromatic nitrogens is 4. The number of amides is 2. The number of hydrogen-bond donors (Lipinski definition) is 1. The Labute approximate surface area is 356 Å². The lowest BCUT2D eigenvalue weighted by Gasteiger charge is -2.34. The monoisotopic (exact) mass is 870 g/mol. The number of alkyl halides is 6. The maximum atomic E-state index is 15.5. The Kier molecular flexibility index (Phi) is 12.8. The van der Waals surface area contributed by atoms with E-state index in [2.05, 4.69) is 20.0 Å². The first-order valence-electron chi connectivity index (χ1n) is 21.3. The first-order valence-corrected chi connectivity index (χ1v) is 21.3. The number of hydrogen-bond acceptors (Lipinski definition) is 8. The SMILES string of the molecule is COCCN1CCc2[nH]nc(C(=O)N3CCC(c4cccc(-n5nc(C(=O)N6CCC(c7ccccc7C(F)(F)F)CC6)c6c5CN(CCOC)CC6)c4C(F)(F)F)CC3)c2C1. The Morgan fingerprint density at radius 1 is 0.694 bits per heavy atom. The Morgan fingerprint density at radius 2 is 1.27 bits per heavy atom. The van der Waals surface area contributed by atoms with Gasteiger partial charge in [-0.15, -0.1) is 0 Å². The molecule has 18 heteroatoms. The van der Waals surface area contributed by atoms with Crippen molar-refractivity contribution in [1.29, 1.82) is 0 Å². The zero-order valence-electron chi connectivity index (χ0n) is 35.0. The van der Waals surface area contributed by atoms with E-state index in [1.807, 2.05) is 0 Å². The molecule has 4 aliphatic heterocycles. The highest BCUT2D eigenvalue weighted by Gasteiger charge is 2.42. The summed E-state index contributed by atoms with van der Waals surface area (Å²) in [5.74, 6) is -1.61. The summed E-state index contributed by atoms with van der Waals surface area (Å²) in [6.45, 7) is 5.21. The largest absolute Gasteiger partial charge is 0.418 e. The molecule has 334 valence electrons. The highest BCUT2D eigenvalue weighted by atomic mass is 19.4. The predicted molar refractivity (Wildman–Crippen MR) is 216 cm³/mol. The molecule has 0 aliphatic carbocycles. The lowest BCUT2D eigenvalue weighted by molar-refractivity contribution is -0.139. The number of halogens is 6. The number of fused-ring (bicyclic) bond motifs is 2. The number of piperidine rings is 2. The van der Waals surface area contributed by atoms with Gasteiger partial charge in [-0.05, 0) is 67.2 Å². The Balaban J connectivity index is 1.05. The summed E-state index contributed by atoms with van der Waals surface area (Å²) in [5, 5.41) is 12.1. The van der Waals surface area contributed by atoms with Crippen molar-refractivity contribution in [3.8, 4) is 5.69 Å². The lowest BCUT2D eigenvalue weighted by Crippen LogP contribution is -2.40. The van der Waals surface area contributed by atoms with Crippen LogP contribution in [0.5, 0.6) is 0 Å². The fraction of sp³-hybridized carbons (Fsp3) is 0.545. The molecule has 0 saturated carbocycles. The van der Waals surface area contributed by atoms with Crippen LogP contribution < -0.4 is 0 Å². The molecule has 0 unspecified atom stereocenters. The van der Waals surface area contributed by atoms with Crippen LogP contribution in [0.3, 0.4) is 0 Å². The normalized spacial score (nSPS) is 18.6. The van der Waals surface area contributed by atoms with E-state index in [1.165, 1.54) is 28.9 Å². The summed E-state index contributed by atoms with van der Waals surface area (Å²) < 4.78 is 100.0. The van der Waals surface area contributed by atoms with Gasteiger partial charge in [0.25, 0.3) is 11.8 Å². The number of rotatable bonds is 11. The van der Waals surface area contributed by atoms with Crippen LogP contribution in [0, 0.1) is 0 Å². The summed E-state index contributed by atoms with van der Waals surface area (Å²) in [4.78, 5) is 35.6. The van der Waals surface area contributed by atoms with E-state index in [1.54, 1.807) is 36.2 Å². The van der Waals surface area contributed by atoms with Crippen molar-refractivity contribution >= 4 is 11.8 Å². The van der Waals surface area contributed by atoms with Gasteiger partial charge < -0.3 is 19.3 Å². The van der Waals surface area contributed by atoms with Crippen LogP contribution in [0.15, 0.2) is 42.5 Å². The van der Waals surface area contributed by atoms with E-state index in [0.717, 1.165) is 36.8 Å². The maximum absolute atomic E-state index is 15.5. The van der Waals surface area contributed by atoms with Gasteiger partial charge in [-0.25, -0.2) is 4.68 Å². The maximum Gasteiger partial charge on any atom is 0.418 e. The minimum Gasteiger partial charge on any atom is -0.383 e. The molecule has 4 aliphatic rings. The van der Waals surface area contributed by atoms with Crippen molar-refractivity contribution in [2.45, 2.75) is 75.8 Å². The number of carbonyl (C=O) groups excluding carboxylic acids is 2. The number of nitrogens with zero attached hydrogens (tertiary/aromatic N) is 7. The average molecular weight is 871 g/mol. The summed E-state index contributed by atoms with van der Waals surface area (Å²) in [7, 11) is 3.22. The molecular weight excluding hydrogens is 819 g/mol. The zero-order valence-corrected chi connectivity index (χ0v) is 35.0. The minimum absolute atomic E-state index is 0.0632. The molecule has 0 radical (unpaired) electrons. The Morgan fingerprint density at radius 3 is 1.90 bits per heavy atom. The molecule has 2 aromatic carbocycles. The van der Waals surface area contributed by atoms with Crippen LogP contribution >= 0.6 is 0 Å². The van der Waals surface area contributed by atoms with Gasteiger partial charge in [-0.1, -0.05) is 30.3 Å². The van der Waals surface area contributed by atoms with Crippen molar-refractivity contribution in [2.24, 2.45) is 0 Å². The van der Waals surface area contributed by atoms with Crippen molar-refractivity contribution in [3.63, 3.8) is 0 Å². The highest BCUT2D eigenvalue weighted by molar-refractivity contribution is 5.95. The first-order chi connectivity index (χ1) is 29.8. The summed E-state index contributed by atoms with van der Waals surface area (Å²) >= 11 is 0. The molecule has 0 spiro atoms. The van der Waals surface area contributed by atoms with E-state index < -0.39 is 41.2 Å². The van der Waals surface area contributed by atoms with Gasteiger partial charge in [-0.2, -0.15) is 36.5 Å². The van der Waals surface area contributed by atoms with Gasteiger partial charge in [0.1, 0.15) is 0 Å². The van der Waals surface area contributed by atoms with Gasteiger partial charge in [-0.3, -0.25) is 24.5 Å². The second-order valence-corrected chi connectivity index (χ2v) is 16.7. The molecule has 0 atom stereocenters. The van der Waals surface area contributed by atoms with E-state index >= 15 is 13.2 Å². The number of ether oxygens (including phenoxy) is 2. The standard InChI is InChI=1S/C44H52F6N8O4/c1-61-24-22-54-17-15-35-33(26-54)39(52-51-35)41(59)56-20-12-29(13-21-56)31-7-5-9-36(38(31)44(48,49)50)58-37-27-55(23-25-62-2)16-14-32(37)40(53-58)42(60)57-18-10-28(11-19-57)30-6-3-4-8-34(30)43(45,46)47/h3-9,28-29H,10-27H2,1-2H3,(H,51,52). The van der Waals surface area contributed by atoms with E-state index in [-0.39, 0.29) is 61.1 Å². The molecular formula is C44H52F6N8O4. The number of aromatic amines is 1. The molecule has 2 amide bonds. The molecule has 1 N–H and O–H groups in total. The van der Waals surface area contributed by atoms with Crippen molar-refractivity contribution in [1.82, 2.24) is 39.6 Å². The number of likely N-dealkylation sites (tertiary alicyclic amines) is 2. The third kappa shape index (κ3) is 8.88. The van der Waals surface area contributed by atoms with Crippen LogP contribution in [-0.2, 0) is 47.8 Å². The van der Waals surface area contributed by atoms with Crippen molar-refractivity contribution in [2.75, 3.05) is 79.8 Å². The predicted octanol–water partition coefficient (Wildman–Crippen LogP) is 6.68. The van der Waals surface area contributed by atoms with Crippen molar-refractivity contribution in [3.05, 3.63) is 98.6 Å². The average Bonchev–Trinajstić information content (AvgIpc) is 3.88. The van der Waals surface area contributed by atoms with Gasteiger partial charge in [0.05, 0.1) is 35.7 Å². The van der Waals surface area contributed by atoms with Gasteiger partial charge >= 0.3 is 12.4 Å². The van der Waals surface area contributed by atoms with Crippen LogP contribution in [0.4, 0.5) is 26.3 Å². The molecule has 2 saturated heterocycles. The Hall–Kier alpha value is -4.78. The van der Waals surface area contributed by atoms with Gasteiger partial charge in [0, 0.05) is 103 Å². The second-order valence-electron chi connectivity index (χ2n) is 16.7. The fourth-order valence-corrected chi connectivity index (χ4v) is 9.77. The molecule has 62 heavy (non-hydrogen) atoms. The van der Waals surface area contributed by atoms with Crippen molar-refractivity contribution < 1.29 is 45.4 Å². The quantitative estimate of drug-likeness (QED) is 0.166. The second kappa shape index (κ2) is 18.1. The lowest BCUT2D eigenvalue weighted by atomic mass is 9.85. The third-order valence-electron chi connectivity index (χ3n) is 13.1. The molecule has 6 heterocycles. The van der Waals surface area contributed by atoms with Gasteiger partial charge in [0.15, 0.2) is 11.4 Å². The smallest absolute Gasteiger partial charge is 0.383 e. The van der Waals surface area contributed by atoms with E-state index in [9.17, 15) is 22.8 Å². The summed E-state index contributed by atoms with van der Waals surface area (Å²) in [6.07, 6.45) is -7.00. The summed E-state index contributed by atoms with van der Waals surface area (Å²) in [6, 6.07) is 9.98. The van der Waals surface area contributed by atoms with Crippen LogP contribution in [0.2, 0.25) is 0 Å². The molecule has 2 fully saturated rings. The minimum atomic E-state index is -4.79. The fourth-order valence-electron chi connectivity index (χ4n) is 9.77. The molecule has 2 aromatic heterocycles. The number of nitrogens with one attached hydrogen (secondary N) is 1. The first kappa shape index (κ1) is 43.9. The van der Waals surface area contributed by atoms with Gasteiger partial charge in [0.2, 0.25) is 0 Å². The molecule has 4 aromatic rings. The third-order valence-corrected chi connectivity index (χ3v) is 13.1.